The lowest BCUT2D eigenvalue weighted by atomic mass is 10.1. The van der Waals surface area contributed by atoms with E-state index in [-0.39, 0.29) is 5.92 Å². The molecule has 0 aliphatic heterocycles. The molecular weight excluding hydrogens is 214 g/mol. The summed E-state index contributed by atoms with van der Waals surface area (Å²) in [5.74, 6) is 0.140. The molecule has 0 bridgehead atoms. The molecule has 0 heterocycles. The largest absolute Gasteiger partial charge is 0.549 e. The minimum absolute atomic E-state index is 0.140. The molecule has 0 aromatic rings. The molecule has 0 fully saturated rings. The van der Waals surface area contributed by atoms with Crippen molar-refractivity contribution in [2.75, 3.05) is 0 Å². The maximum Gasteiger partial charge on any atom is 0.249 e. The van der Waals surface area contributed by atoms with Gasteiger partial charge >= 0.3 is 0 Å². The number of hydrogen-bond acceptors (Lipinski definition) is 2. The Kier molecular flexibility index (Phi) is 8.01. The molecule has 3 heteroatoms. The van der Waals surface area contributed by atoms with E-state index >= 15 is 0 Å². The van der Waals surface area contributed by atoms with Crippen LogP contribution in [0.4, 0.5) is 0 Å². The highest BCUT2D eigenvalue weighted by atomic mass is 28.4. The van der Waals surface area contributed by atoms with Gasteiger partial charge in [-0.1, -0.05) is 33.8 Å². The number of hydrogen-bond donors (Lipinski definition) is 0. The summed E-state index contributed by atoms with van der Waals surface area (Å²) in [5, 5.41) is 8.81. The van der Waals surface area contributed by atoms with Crippen molar-refractivity contribution >= 4 is 8.32 Å². The van der Waals surface area contributed by atoms with Crippen LogP contribution in [-0.4, -0.2) is 8.32 Å². The van der Waals surface area contributed by atoms with Crippen molar-refractivity contribution in [1.82, 2.24) is 0 Å². The minimum atomic E-state index is -1.48. The lowest BCUT2D eigenvalue weighted by Gasteiger charge is -2.26. The van der Waals surface area contributed by atoms with E-state index in [1.165, 1.54) is 18.1 Å². The molecule has 0 aromatic carbocycles. The van der Waals surface area contributed by atoms with Gasteiger partial charge in [-0.2, -0.15) is 5.26 Å². The lowest BCUT2D eigenvalue weighted by molar-refractivity contribution is 0.453. The van der Waals surface area contributed by atoms with Crippen LogP contribution in [0.3, 0.4) is 0 Å². The average molecular weight is 239 g/mol. The summed E-state index contributed by atoms with van der Waals surface area (Å²) in [7, 11) is -1.48. The van der Waals surface area contributed by atoms with Gasteiger partial charge in [-0.3, -0.25) is 0 Å². The quantitative estimate of drug-likeness (QED) is 0.463. The zero-order valence-electron chi connectivity index (χ0n) is 11.1. The number of rotatable bonds is 8. The minimum Gasteiger partial charge on any atom is -0.549 e. The van der Waals surface area contributed by atoms with Gasteiger partial charge in [0.2, 0.25) is 8.32 Å². The zero-order chi connectivity index (χ0) is 12.4. The van der Waals surface area contributed by atoms with Gasteiger partial charge in [-0.15, -0.1) is 0 Å². The second-order valence-corrected chi connectivity index (χ2v) is 8.93. The molecule has 0 saturated heterocycles. The summed E-state index contributed by atoms with van der Waals surface area (Å²) in [6.45, 7) is 8.71. The van der Waals surface area contributed by atoms with Crippen molar-refractivity contribution in [1.29, 1.82) is 5.26 Å². The molecule has 0 rings (SSSR count). The van der Waals surface area contributed by atoms with E-state index in [9.17, 15) is 0 Å². The Morgan fingerprint density at radius 2 is 1.75 bits per heavy atom. The van der Waals surface area contributed by atoms with Gasteiger partial charge in [-0.25, -0.2) is 0 Å². The molecule has 1 unspecified atom stereocenters. The second-order valence-electron chi connectivity index (χ2n) is 4.20. The molecule has 0 aliphatic carbocycles. The van der Waals surface area contributed by atoms with E-state index in [0.29, 0.717) is 0 Å². The van der Waals surface area contributed by atoms with Gasteiger partial charge in [0.25, 0.3) is 0 Å². The Morgan fingerprint density at radius 1 is 1.19 bits per heavy atom. The normalized spacial score (nSPS) is 13.7. The van der Waals surface area contributed by atoms with Crippen molar-refractivity contribution in [3.63, 3.8) is 0 Å². The SMILES string of the molecule is CCC(C#N)C/C=C\O[Si](CC)(CC)CC. The fourth-order valence-corrected chi connectivity index (χ4v) is 4.11. The summed E-state index contributed by atoms with van der Waals surface area (Å²) < 4.78 is 5.97. The fraction of sp³-hybridized carbons (Fsp3) is 0.769. The molecule has 1 atom stereocenters. The predicted octanol–water partition coefficient (Wildman–Crippen LogP) is 4.46. The molecule has 0 radical (unpaired) electrons. The van der Waals surface area contributed by atoms with E-state index in [1.54, 1.807) is 0 Å². The topological polar surface area (TPSA) is 33.0 Å². The first kappa shape index (κ1) is 15.2. The van der Waals surface area contributed by atoms with Crippen LogP contribution in [0.25, 0.3) is 0 Å². The van der Waals surface area contributed by atoms with Gasteiger partial charge in [0.05, 0.1) is 12.3 Å². The van der Waals surface area contributed by atoms with E-state index < -0.39 is 8.32 Å². The third kappa shape index (κ3) is 4.85. The Hall–Kier alpha value is -0.753. The van der Waals surface area contributed by atoms with Gasteiger partial charge in [0.15, 0.2) is 0 Å². The number of nitrogens with zero attached hydrogens (tertiary/aromatic N) is 1. The molecule has 16 heavy (non-hydrogen) atoms. The molecular formula is C13H25NOSi. The lowest BCUT2D eigenvalue weighted by Crippen LogP contribution is -2.33. The van der Waals surface area contributed by atoms with Gasteiger partial charge in [-0.05, 0) is 31.0 Å². The monoisotopic (exact) mass is 239 g/mol. The maximum absolute atomic E-state index is 8.81. The third-order valence-corrected chi connectivity index (χ3v) is 7.95. The average Bonchev–Trinajstić information content (AvgIpc) is 2.35. The first-order chi connectivity index (χ1) is 7.67. The van der Waals surface area contributed by atoms with Crippen LogP contribution in [-0.2, 0) is 4.43 Å². The van der Waals surface area contributed by atoms with Crippen LogP contribution in [0.5, 0.6) is 0 Å². The highest BCUT2D eigenvalue weighted by Gasteiger charge is 2.28. The number of allylic oxidation sites excluding steroid dienone is 1. The molecule has 2 nitrogen and oxygen atoms in total. The molecule has 0 N–H and O–H groups in total. The molecule has 0 saturated carbocycles. The molecule has 92 valence electrons. The Morgan fingerprint density at radius 3 is 2.12 bits per heavy atom. The highest BCUT2D eigenvalue weighted by Crippen LogP contribution is 2.22. The Labute approximate surface area is 101 Å². The van der Waals surface area contributed by atoms with Crippen LogP contribution >= 0.6 is 0 Å². The van der Waals surface area contributed by atoms with Crippen molar-refractivity contribution in [3.05, 3.63) is 12.3 Å². The first-order valence-electron chi connectivity index (χ1n) is 6.40. The van der Waals surface area contributed by atoms with Crippen LogP contribution in [0.2, 0.25) is 18.1 Å². The van der Waals surface area contributed by atoms with Crippen LogP contribution in [0.15, 0.2) is 12.3 Å². The first-order valence-corrected chi connectivity index (χ1v) is 8.93. The molecule has 0 aromatic heterocycles. The summed E-state index contributed by atoms with van der Waals surface area (Å²) in [6.07, 6.45) is 5.59. The van der Waals surface area contributed by atoms with Crippen LogP contribution in [0, 0.1) is 17.2 Å². The van der Waals surface area contributed by atoms with Gasteiger partial charge in [0.1, 0.15) is 0 Å². The number of nitriles is 1. The Balaban J connectivity index is 4.11. The van der Waals surface area contributed by atoms with Gasteiger partial charge in [0, 0.05) is 5.92 Å². The van der Waals surface area contributed by atoms with Crippen molar-refractivity contribution < 1.29 is 4.43 Å². The molecule has 0 amide bonds. The van der Waals surface area contributed by atoms with E-state index in [1.807, 2.05) is 19.3 Å². The predicted molar refractivity (Wildman–Crippen MR) is 71.4 cm³/mol. The van der Waals surface area contributed by atoms with Gasteiger partial charge < -0.3 is 4.43 Å². The summed E-state index contributed by atoms with van der Waals surface area (Å²) in [4.78, 5) is 0. The van der Waals surface area contributed by atoms with E-state index in [4.69, 9.17) is 9.69 Å². The summed E-state index contributed by atoms with van der Waals surface area (Å²) in [6, 6.07) is 5.80. The Bertz CT molecular complexity index is 233. The highest BCUT2D eigenvalue weighted by molar-refractivity contribution is 6.73. The fourth-order valence-electron chi connectivity index (χ4n) is 1.72. The second kappa shape index (κ2) is 8.40. The van der Waals surface area contributed by atoms with Crippen molar-refractivity contribution in [2.24, 2.45) is 5.92 Å². The van der Waals surface area contributed by atoms with Crippen molar-refractivity contribution in [2.45, 2.75) is 58.7 Å². The maximum atomic E-state index is 8.81. The third-order valence-electron chi connectivity index (χ3n) is 3.44. The summed E-state index contributed by atoms with van der Waals surface area (Å²) in [5.41, 5.74) is 0. The molecule has 0 spiro atoms. The molecule has 0 aliphatic rings. The summed E-state index contributed by atoms with van der Waals surface area (Å²) >= 11 is 0. The van der Waals surface area contributed by atoms with Crippen LogP contribution < -0.4 is 0 Å². The zero-order valence-corrected chi connectivity index (χ0v) is 12.1. The smallest absolute Gasteiger partial charge is 0.249 e. The van der Waals surface area contributed by atoms with Crippen LogP contribution in [0.1, 0.15) is 40.5 Å². The van der Waals surface area contributed by atoms with E-state index in [2.05, 4.69) is 26.8 Å². The standard InChI is InChI=1S/C13H25NOSi/c1-5-13(12-14)10-9-11-15-16(6-2,7-3)8-4/h9,11,13H,5-8,10H2,1-4H3/b11-9-. The van der Waals surface area contributed by atoms with Crippen molar-refractivity contribution in [3.8, 4) is 6.07 Å². The van der Waals surface area contributed by atoms with E-state index in [0.717, 1.165) is 12.8 Å².